The summed E-state index contributed by atoms with van der Waals surface area (Å²) in [6, 6.07) is 15.0. The van der Waals surface area contributed by atoms with E-state index >= 15 is 0 Å². The van der Waals surface area contributed by atoms with Crippen molar-refractivity contribution in [3.8, 4) is 11.8 Å². The number of hydrogen-bond donors (Lipinski definition) is 2. The highest BCUT2D eigenvalue weighted by Crippen LogP contribution is 2.37. The molecule has 0 radical (unpaired) electrons. The van der Waals surface area contributed by atoms with Crippen molar-refractivity contribution in [1.82, 2.24) is 5.43 Å². The zero-order chi connectivity index (χ0) is 24.8. The molecule has 10 heteroatoms. The summed E-state index contributed by atoms with van der Waals surface area (Å²) in [5.74, 6) is -2.29. The molecule has 2 aromatic carbocycles. The van der Waals surface area contributed by atoms with E-state index in [1.54, 1.807) is 48.5 Å². The Morgan fingerprint density at radius 3 is 2.57 bits per heavy atom. The van der Waals surface area contributed by atoms with Crippen LogP contribution in [0, 0.1) is 11.3 Å². The largest absolute Gasteiger partial charge is 0.422 e. The summed E-state index contributed by atoms with van der Waals surface area (Å²) in [7, 11) is 0. The number of nitrogens with one attached hydrogen (secondary N) is 2. The number of carbonyl (C=O) groups is 3. The minimum absolute atomic E-state index is 0.220. The molecule has 1 aromatic heterocycles. The second kappa shape index (κ2) is 11.0. The van der Waals surface area contributed by atoms with Gasteiger partial charge in [-0.3, -0.25) is 9.59 Å². The van der Waals surface area contributed by atoms with E-state index in [0.29, 0.717) is 26.7 Å². The molecule has 2 N–H and O–H groups in total. The van der Waals surface area contributed by atoms with Crippen LogP contribution < -0.4 is 15.5 Å². The number of nitrogens with zero attached hydrogens (tertiary/aromatic N) is 2. The minimum Gasteiger partial charge on any atom is -0.422 e. The molecule has 0 aliphatic heterocycles. The number of aryl methyl sites for hydroxylation is 1. The van der Waals surface area contributed by atoms with Crippen LogP contribution in [0.5, 0.6) is 5.75 Å². The molecule has 0 unspecified atom stereocenters. The second-order valence-corrected chi connectivity index (χ2v) is 9.16. The van der Waals surface area contributed by atoms with Crippen LogP contribution in [0.1, 0.15) is 44.8 Å². The number of nitriles is 1. The predicted octanol–water partition coefficient (Wildman–Crippen LogP) is 4.46. The maximum absolute atomic E-state index is 12.4. The summed E-state index contributed by atoms with van der Waals surface area (Å²) < 4.78 is 5.43. The standard InChI is InChI=1S/C25H19ClN4O4S/c26-17-11-9-15(10-12-17)25(33)34-20-7-3-1-5-16(20)14-28-30-23(32)22(31)29-24-19(13-27)18-6-2-4-8-21(18)35-24/h1,3,5,7,9-12,14H,2,4,6,8H2,(H,29,31)(H,30,32). The van der Waals surface area contributed by atoms with Crippen molar-refractivity contribution in [2.24, 2.45) is 5.10 Å². The van der Waals surface area contributed by atoms with Gasteiger partial charge in [-0.25, -0.2) is 10.2 Å². The second-order valence-electron chi connectivity index (χ2n) is 7.61. The van der Waals surface area contributed by atoms with E-state index in [1.165, 1.54) is 17.6 Å². The van der Waals surface area contributed by atoms with Gasteiger partial charge in [0, 0.05) is 15.5 Å². The van der Waals surface area contributed by atoms with Gasteiger partial charge in [0.25, 0.3) is 0 Å². The summed E-state index contributed by atoms with van der Waals surface area (Å²) in [5, 5.41) is 16.7. The average molecular weight is 507 g/mol. The summed E-state index contributed by atoms with van der Waals surface area (Å²) >= 11 is 7.18. The lowest BCUT2D eigenvalue weighted by Crippen LogP contribution is -2.32. The van der Waals surface area contributed by atoms with Gasteiger partial charge >= 0.3 is 17.8 Å². The number of thiophene rings is 1. The first-order chi connectivity index (χ1) is 17.0. The SMILES string of the molecule is N#Cc1c(NC(=O)C(=O)NN=Cc2ccccc2OC(=O)c2ccc(Cl)cc2)sc2c1CCCC2. The van der Waals surface area contributed by atoms with Crippen LogP contribution in [-0.4, -0.2) is 24.0 Å². The number of para-hydroxylation sites is 1. The Kier molecular flexibility index (Phi) is 7.55. The topological polar surface area (TPSA) is 121 Å². The molecule has 1 aliphatic rings. The molecule has 1 aliphatic carbocycles. The number of fused-ring (bicyclic) bond motifs is 1. The molecular formula is C25H19ClN4O4S. The van der Waals surface area contributed by atoms with Gasteiger partial charge in [-0.05, 0) is 67.6 Å². The zero-order valence-electron chi connectivity index (χ0n) is 18.3. The third-order valence-electron chi connectivity index (χ3n) is 5.29. The van der Waals surface area contributed by atoms with E-state index in [2.05, 4.69) is 21.9 Å². The summed E-state index contributed by atoms with van der Waals surface area (Å²) in [6.45, 7) is 0. The first-order valence-electron chi connectivity index (χ1n) is 10.7. The molecule has 2 amide bonds. The number of hydrazone groups is 1. The van der Waals surface area contributed by atoms with Crippen molar-refractivity contribution in [3.63, 3.8) is 0 Å². The lowest BCUT2D eigenvalue weighted by molar-refractivity contribution is -0.136. The lowest BCUT2D eigenvalue weighted by Gasteiger charge is -2.09. The van der Waals surface area contributed by atoms with E-state index < -0.39 is 17.8 Å². The van der Waals surface area contributed by atoms with Crippen molar-refractivity contribution < 1.29 is 19.1 Å². The smallest absolute Gasteiger partial charge is 0.343 e. The number of amides is 2. The van der Waals surface area contributed by atoms with Crippen LogP contribution in [0.3, 0.4) is 0 Å². The number of carbonyl (C=O) groups excluding carboxylic acids is 3. The molecule has 0 saturated carbocycles. The van der Waals surface area contributed by atoms with Crippen molar-refractivity contribution in [2.45, 2.75) is 25.7 Å². The van der Waals surface area contributed by atoms with Crippen LogP contribution >= 0.6 is 22.9 Å². The Labute approximate surface area is 210 Å². The maximum Gasteiger partial charge on any atom is 0.343 e. The van der Waals surface area contributed by atoms with Crippen molar-refractivity contribution in [3.05, 3.63) is 80.7 Å². The fourth-order valence-corrected chi connectivity index (χ4v) is 4.93. The molecule has 0 bridgehead atoms. The quantitative estimate of drug-likeness (QED) is 0.174. The molecule has 0 atom stereocenters. The Hall–Kier alpha value is -4.00. The Morgan fingerprint density at radius 2 is 1.80 bits per heavy atom. The van der Waals surface area contributed by atoms with Crippen molar-refractivity contribution in [1.29, 1.82) is 5.26 Å². The number of ether oxygens (including phenoxy) is 1. The average Bonchev–Trinajstić information content (AvgIpc) is 3.22. The van der Waals surface area contributed by atoms with Gasteiger partial charge in [0.05, 0.1) is 17.3 Å². The predicted molar refractivity (Wildman–Crippen MR) is 133 cm³/mol. The highest BCUT2D eigenvalue weighted by Gasteiger charge is 2.23. The number of benzene rings is 2. The lowest BCUT2D eigenvalue weighted by atomic mass is 9.96. The normalized spacial score (nSPS) is 12.5. The van der Waals surface area contributed by atoms with Gasteiger partial charge < -0.3 is 10.1 Å². The number of halogens is 1. The molecule has 0 fully saturated rings. The Morgan fingerprint density at radius 1 is 1.06 bits per heavy atom. The molecule has 0 spiro atoms. The molecule has 8 nitrogen and oxygen atoms in total. The van der Waals surface area contributed by atoms with E-state index in [0.717, 1.165) is 36.1 Å². The van der Waals surface area contributed by atoms with Gasteiger partial charge in [0.15, 0.2) is 0 Å². The van der Waals surface area contributed by atoms with E-state index in [1.807, 2.05) is 0 Å². The van der Waals surface area contributed by atoms with Crippen molar-refractivity contribution >= 4 is 51.9 Å². The first kappa shape index (κ1) is 24.1. The molecule has 4 rings (SSSR count). The van der Waals surface area contributed by atoms with Gasteiger partial charge in [0.1, 0.15) is 16.8 Å². The molecule has 176 valence electrons. The van der Waals surface area contributed by atoms with Crippen LogP contribution in [-0.2, 0) is 22.4 Å². The van der Waals surface area contributed by atoms with E-state index in [9.17, 15) is 19.6 Å². The third kappa shape index (κ3) is 5.74. The van der Waals surface area contributed by atoms with E-state index in [-0.39, 0.29) is 5.75 Å². The Bertz CT molecular complexity index is 1360. The van der Waals surface area contributed by atoms with Crippen LogP contribution in [0.2, 0.25) is 5.02 Å². The maximum atomic E-state index is 12.4. The highest BCUT2D eigenvalue weighted by atomic mass is 35.5. The van der Waals surface area contributed by atoms with E-state index in [4.69, 9.17) is 16.3 Å². The van der Waals surface area contributed by atoms with Crippen LogP contribution in [0.4, 0.5) is 5.00 Å². The van der Waals surface area contributed by atoms with Gasteiger partial charge in [-0.15, -0.1) is 11.3 Å². The molecule has 3 aromatic rings. The number of esters is 1. The number of anilines is 1. The number of rotatable bonds is 5. The third-order valence-corrected chi connectivity index (χ3v) is 6.75. The zero-order valence-corrected chi connectivity index (χ0v) is 19.9. The summed E-state index contributed by atoms with van der Waals surface area (Å²) in [5.41, 5.74) is 4.26. The molecule has 0 saturated heterocycles. The van der Waals surface area contributed by atoms with Gasteiger partial charge in [-0.1, -0.05) is 23.7 Å². The van der Waals surface area contributed by atoms with Crippen molar-refractivity contribution in [2.75, 3.05) is 5.32 Å². The first-order valence-corrected chi connectivity index (χ1v) is 11.9. The van der Waals surface area contributed by atoms with Crippen LogP contribution in [0.25, 0.3) is 0 Å². The fourth-order valence-electron chi connectivity index (χ4n) is 3.57. The highest BCUT2D eigenvalue weighted by molar-refractivity contribution is 7.16. The molecule has 35 heavy (non-hydrogen) atoms. The molecular weight excluding hydrogens is 488 g/mol. The fraction of sp³-hybridized carbons (Fsp3) is 0.160. The number of hydrogen-bond acceptors (Lipinski definition) is 7. The minimum atomic E-state index is -0.993. The van der Waals surface area contributed by atoms with Gasteiger partial charge in [-0.2, -0.15) is 10.4 Å². The summed E-state index contributed by atoms with van der Waals surface area (Å²) in [6.07, 6.45) is 4.96. The Balaban J connectivity index is 1.39. The summed E-state index contributed by atoms with van der Waals surface area (Å²) in [4.78, 5) is 38.1. The van der Waals surface area contributed by atoms with Crippen LogP contribution in [0.15, 0.2) is 53.6 Å². The monoisotopic (exact) mass is 506 g/mol. The van der Waals surface area contributed by atoms with Gasteiger partial charge in [0.2, 0.25) is 0 Å². The molecule has 1 heterocycles.